The van der Waals surface area contributed by atoms with E-state index < -0.39 is 50.8 Å². The van der Waals surface area contributed by atoms with Crippen molar-refractivity contribution in [2.24, 2.45) is 32.5 Å². The second-order valence-corrected chi connectivity index (χ2v) is 15.3. The van der Waals surface area contributed by atoms with Gasteiger partial charge in [-0.2, -0.15) is 0 Å². The van der Waals surface area contributed by atoms with E-state index >= 15 is 0 Å². The van der Waals surface area contributed by atoms with Crippen LogP contribution in [0.15, 0.2) is 0 Å². The van der Waals surface area contributed by atoms with Gasteiger partial charge in [0.1, 0.15) is 17.0 Å². The van der Waals surface area contributed by atoms with E-state index in [1.54, 1.807) is 62.5 Å². The molecule has 1 aliphatic heterocycles. The number of ketones is 1. The van der Waals surface area contributed by atoms with Gasteiger partial charge in [0.15, 0.2) is 0 Å². The minimum atomic E-state index is -0.917. The number of cyclic esters (lactones) is 2. The van der Waals surface area contributed by atoms with Crippen LogP contribution >= 0.6 is 0 Å². The highest BCUT2D eigenvalue weighted by Crippen LogP contribution is 2.62. The van der Waals surface area contributed by atoms with Gasteiger partial charge in [0.25, 0.3) is 0 Å². The number of hydrogen-bond donors (Lipinski definition) is 0. The van der Waals surface area contributed by atoms with Crippen LogP contribution in [0.2, 0.25) is 0 Å². The molecule has 0 radical (unpaired) electrons. The van der Waals surface area contributed by atoms with E-state index in [0.29, 0.717) is 10.8 Å². The summed E-state index contributed by atoms with van der Waals surface area (Å²) < 4.78 is 15.6. The number of esters is 3. The molecule has 0 bridgehead atoms. The van der Waals surface area contributed by atoms with Crippen LogP contribution in [0, 0.1) is 32.5 Å². The molecule has 7 heteroatoms. The Kier molecular flexibility index (Phi) is 10.2. The average Bonchev–Trinajstić information content (AvgIpc) is 3.15. The molecule has 1 saturated heterocycles. The first-order valence-electron chi connectivity index (χ1n) is 13.5. The highest BCUT2D eigenvalue weighted by molar-refractivity contribution is 6.00. The molecule has 0 N–H and O–H groups in total. The zero-order valence-corrected chi connectivity index (χ0v) is 27.6. The predicted molar refractivity (Wildman–Crippen MR) is 150 cm³/mol. The Bertz CT molecular complexity index is 892. The maximum atomic E-state index is 12.6. The van der Waals surface area contributed by atoms with Crippen LogP contribution in [0.3, 0.4) is 0 Å². The van der Waals surface area contributed by atoms with Gasteiger partial charge in [-0.15, -0.1) is 0 Å². The van der Waals surface area contributed by atoms with Crippen molar-refractivity contribution in [2.75, 3.05) is 7.11 Å². The number of carbonyl (C=O) groups excluding carboxylic acids is 4. The second kappa shape index (κ2) is 10.7. The molecule has 1 aliphatic carbocycles. The van der Waals surface area contributed by atoms with E-state index in [0.717, 1.165) is 0 Å². The fraction of sp³-hybridized carbons (Fsp3) is 0.871. The van der Waals surface area contributed by atoms with Crippen LogP contribution in [0.1, 0.15) is 124 Å². The summed E-state index contributed by atoms with van der Waals surface area (Å²) in [4.78, 5) is 46.5. The average molecular weight is 541 g/mol. The number of hydrogen-bond acceptors (Lipinski definition) is 7. The number of Topliss-reactive ketones (excluding diaryl/α,β-unsaturated/α-hetero) is 1. The van der Waals surface area contributed by atoms with Crippen LogP contribution in [0.25, 0.3) is 0 Å². The van der Waals surface area contributed by atoms with Gasteiger partial charge in [0, 0.05) is 12.5 Å². The van der Waals surface area contributed by atoms with Gasteiger partial charge in [-0.05, 0) is 93.4 Å². The molecule has 2 aliphatic rings. The summed E-state index contributed by atoms with van der Waals surface area (Å²) >= 11 is 0. The summed E-state index contributed by atoms with van der Waals surface area (Å²) in [7, 11) is 1.58. The fourth-order valence-corrected chi connectivity index (χ4v) is 3.33. The third-order valence-corrected chi connectivity index (χ3v) is 10.6. The van der Waals surface area contributed by atoms with Crippen molar-refractivity contribution >= 4 is 23.7 Å². The molecule has 0 spiro atoms. The molecule has 2 fully saturated rings. The zero-order valence-electron chi connectivity index (χ0n) is 27.6. The second-order valence-electron chi connectivity index (χ2n) is 15.3. The topological polar surface area (TPSA) is 96.0 Å². The first-order chi connectivity index (χ1) is 16.4. The van der Waals surface area contributed by atoms with Crippen LogP contribution in [0.5, 0.6) is 0 Å². The van der Waals surface area contributed by atoms with E-state index in [9.17, 15) is 19.2 Å². The lowest BCUT2D eigenvalue weighted by atomic mass is 9.65. The molecule has 222 valence electrons. The minimum absolute atomic E-state index is 0.0387. The Labute approximate surface area is 232 Å². The van der Waals surface area contributed by atoms with E-state index in [4.69, 9.17) is 9.47 Å². The molecule has 0 aromatic heterocycles. The maximum Gasteiger partial charge on any atom is 0.320 e. The van der Waals surface area contributed by atoms with E-state index in [2.05, 4.69) is 32.4 Å². The van der Waals surface area contributed by atoms with Crippen molar-refractivity contribution in [3.63, 3.8) is 0 Å². The number of methoxy groups -OCH3 is 1. The quantitative estimate of drug-likeness (QED) is 0.266. The number of carbonyl (C=O) groups is 4. The predicted octanol–water partition coefficient (Wildman–Crippen LogP) is 6.94. The lowest BCUT2D eigenvalue weighted by Gasteiger charge is -2.44. The van der Waals surface area contributed by atoms with Crippen LogP contribution in [-0.4, -0.2) is 42.0 Å². The molecule has 2 rings (SSSR count). The highest BCUT2D eigenvalue weighted by atomic mass is 16.6. The third-order valence-electron chi connectivity index (χ3n) is 10.6. The van der Waals surface area contributed by atoms with Gasteiger partial charge >= 0.3 is 17.9 Å². The molecule has 38 heavy (non-hydrogen) atoms. The minimum Gasteiger partial charge on any atom is -0.456 e. The standard InChI is InChI=1S/C16H30O4.C8H12O3.C7H14/c1-11(17)13(2,3)14(4,5)12(18)20-16(8,9)15(6,7)19-10;1-7(2)5(9)11-6(10)8(7,3)4;1-6(2)5-7(6,3)4/h1-10H3;1-4H3;5H2,1-4H3. The zero-order chi connectivity index (χ0) is 31.1. The Morgan fingerprint density at radius 1 is 0.684 bits per heavy atom. The molecule has 0 atom stereocenters. The van der Waals surface area contributed by atoms with Gasteiger partial charge < -0.3 is 14.2 Å². The maximum absolute atomic E-state index is 12.6. The van der Waals surface area contributed by atoms with E-state index in [1.807, 2.05) is 27.7 Å². The summed E-state index contributed by atoms with van der Waals surface area (Å²) in [5.41, 5.74) is -3.23. The van der Waals surface area contributed by atoms with Crippen molar-refractivity contribution in [1.29, 1.82) is 0 Å². The Balaban J connectivity index is 0.000000625. The summed E-state index contributed by atoms with van der Waals surface area (Å²) in [6.07, 6.45) is 1.40. The van der Waals surface area contributed by atoms with Crippen molar-refractivity contribution in [1.82, 2.24) is 0 Å². The largest absolute Gasteiger partial charge is 0.456 e. The SMILES string of the molecule is CC1(C)C(=O)OC(=O)C1(C)C.CC1(C)CC1(C)C.COC(C)(C)C(C)(C)OC(=O)C(C)(C)C(C)(C)C(C)=O. The van der Waals surface area contributed by atoms with Crippen LogP contribution in [0.4, 0.5) is 0 Å². The number of ether oxygens (including phenoxy) is 3. The summed E-state index contributed by atoms with van der Waals surface area (Å²) in [5, 5.41) is 0. The first kappa shape index (κ1) is 36.2. The molecular weight excluding hydrogens is 484 g/mol. The molecule has 0 aromatic carbocycles. The lowest BCUT2D eigenvalue weighted by molar-refractivity contribution is -0.201. The molecule has 0 unspecified atom stereocenters. The molecule has 0 amide bonds. The fourth-order valence-electron chi connectivity index (χ4n) is 3.33. The number of rotatable bonds is 6. The Morgan fingerprint density at radius 2 is 1.00 bits per heavy atom. The van der Waals surface area contributed by atoms with Crippen LogP contribution < -0.4 is 0 Å². The third kappa shape index (κ3) is 6.86. The Morgan fingerprint density at radius 3 is 1.18 bits per heavy atom. The summed E-state index contributed by atoms with van der Waals surface area (Å²) in [6, 6.07) is 0. The highest BCUT2D eigenvalue weighted by Gasteiger charge is 2.57. The molecule has 0 aromatic rings. The van der Waals surface area contributed by atoms with Crippen LogP contribution in [-0.2, 0) is 33.4 Å². The van der Waals surface area contributed by atoms with E-state index in [1.165, 1.54) is 13.3 Å². The molecule has 7 nitrogen and oxygen atoms in total. The molecule has 1 heterocycles. The monoisotopic (exact) mass is 540 g/mol. The van der Waals surface area contributed by atoms with Crippen molar-refractivity contribution in [3.05, 3.63) is 0 Å². The smallest absolute Gasteiger partial charge is 0.320 e. The van der Waals surface area contributed by atoms with Crippen molar-refractivity contribution in [2.45, 2.75) is 135 Å². The summed E-state index contributed by atoms with van der Waals surface area (Å²) in [6.45, 7) is 32.1. The van der Waals surface area contributed by atoms with Gasteiger partial charge in [0.2, 0.25) is 0 Å². The van der Waals surface area contributed by atoms with Crippen molar-refractivity contribution < 1.29 is 33.4 Å². The Hall–Kier alpha value is -1.76. The molecular formula is C31H56O7. The van der Waals surface area contributed by atoms with Gasteiger partial charge in [0.05, 0.1) is 16.2 Å². The van der Waals surface area contributed by atoms with Gasteiger partial charge in [-0.25, -0.2) is 0 Å². The summed E-state index contributed by atoms with van der Waals surface area (Å²) in [5.74, 6) is -1.28. The van der Waals surface area contributed by atoms with Gasteiger partial charge in [-0.1, -0.05) is 41.5 Å². The van der Waals surface area contributed by atoms with Gasteiger partial charge in [-0.3, -0.25) is 19.2 Å². The molecule has 1 saturated carbocycles. The van der Waals surface area contributed by atoms with E-state index in [-0.39, 0.29) is 5.78 Å². The normalized spacial score (nSPS) is 21.2. The van der Waals surface area contributed by atoms with Crippen molar-refractivity contribution in [3.8, 4) is 0 Å². The first-order valence-corrected chi connectivity index (χ1v) is 13.5. The lowest BCUT2D eigenvalue weighted by Crippen LogP contribution is -2.54.